The number of methoxy groups -OCH3 is 1. The van der Waals surface area contributed by atoms with Gasteiger partial charge in [0.05, 0.1) is 13.7 Å². The molecule has 5 nitrogen and oxygen atoms in total. The lowest BCUT2D eigenvalue weighted by atomic mass is 10.1. The number of aliphatic hydroxyl groups is 1. The highest BCUT2D eigenvalue weighted by Crippen LogP contribution is 1.97. The van der Waals surface area contributed by atoms with Crippen molar-refractivity contribution in [1.29, 1.82) is 0 Å². The lowest BCUT2D eigenvalue weighted by Crippen LogP contribution is -2.38. The molecule has 0 saturated heterocycles. The van der Waals surface area contributed by atoms with Crippen molar-refractivity contribution >= 4 is 5.97 Å². The standard InChI is InChI=1S/C11H21NO4/c1-11(2,3)12-7-8-16-10(14)6-5-9(13)15-4/h5-6,10,12,14H,7-8H2,1-4H3/b6-5+. The van der Waals surface area contributed by atoms with Gasteiger partial charge in [0.1, 0.15) is 0 Å². The van der Waals surface area contributed by atoms with Crippen LogP contribution in [0.5, 0.6) is 0 Å². The molecule has 0 aromatic heterocycles. The highest BCUT2D eigenvalue weighted by molar-refractivity contribution is 5.81. The number of aliphatic hydroxyl groups excluding tert-OH is 1. The molecule has 0 aliphatic rings. The normalized spacial score (nSPS) is 14.1. The molecule has 0 aliphatic heterocycles. The number of carbonyl (C=O) groups excluding carboxylic acids is 1. The van der Waals surface area contributed by atoms with E-state index in [2.05, 4.69) is 10.1 Å². The topological polar surface area (TPSA) is 67.8 Å². The fourth-order valence-electron chi connectivity index (χ4n) is 0.890. The number of rotatable bonds is 6. The van der Waals surface area contributed by atoms with Gasteiger partial charge in [-0.1, -0.05) is 0 Å². The maximum atomic E-state index is 10.7. The van der Waals surface area contributed by atoms with Crippen LogP contribution in [-0.2, 0) is 14.3 Å². The zero-order chi connectivity index (χ0) is 12.6. The van der Waals surface area contributed by atoms with Gasteiger partial charge in [0.15, 0.2) is 6.29 Å². The summed E-state index contributed by atoms with van der Waals surface area (Å²) in [5.41, 5.74) is 0.0240. The minimum atomic E-state index is -1.08. The van der Waals surface area contributed by atoms with Gasteiger partial charge in [0.25, 0.3) is 0 Å². The Morgan fingerprint density at radius 1 is 1.50 bits per heavy atom. The summed E-state index contributed by atoms with van der Waals surface area (Å²) in [4.78, 5) is 10.7. The second-order valence-electron chi connectivity index (χ2n) is 4.32. The summed E-state index contributed by atoms with van der Waals surface area (Å²) in [6.45, 7) is 7.12. The van der Waals surface area contributed by atoms with Crippen LogP contribution in [0.15, 0.2) is 12.2 Å². The number of esters is 1. The van der Waals surface area contributed by atoms with Crippen LogP contribution in [0, 0.1) is 0 Å². The largest absolute Gasteiger partial charge is 0.466 e. The van der Waals surface area contributed by atoms with Crippen LogP contribution in [0.1, 0.15) is 20.8 Å². The van der Waals surface area contributed by atoms with Gasteiger partial charge in [0.2, 0.25) is 0 Å². The first-order valence-electron chi connectivity index (χ1n) is 5.16. The minimum Gasteiger partial charge on any atom is -0.466 e. The second-order valence-corrected chi connectivity index (χ2v) is 4.32. The van der Waals surface area contributed by atoms with Crippen LogP contribution in [-0.4, -0.2) is 43.2 Å². The summed E-state index contributed by atoms with van der Waals surface area (Å²) >= 11 is 0. The maximum absolute atomic E-state index is 10.7. The van der Waals surface area contributed by atoms with Crippen molar-refractivity contribution in [3.63, 3.8) is 0 Å². The monoisotopic (exact) mass is 231 g/mol. The molecule has 0 spiro atoms. The van der Waals surface area contributed by atoms with Crippen molar-refractivity contribution in [2.75, 3.05) is 20.3 Å². The molecule has 0 heterocycles. The molecule has 0 bridgehead atoms. The molecular formula is C11H21NO4. The third kappa shape index (κ3) is 9.64. The van der Waals surface area contributed by atoms with Gasteiger partial charge in [-0.15, -0.1) is 0 Å². The van der Waals surface area contributed by atoms with Gasteiger partial charge < -0.3 is 19.9 Å². The van der Waals surface area contributed by atoms with Crippen molar-refractivity contribution in [1.82, 2.24) is 5.32 Å². The Bertz CT molecular complexity index is 233. The Hall–Kier alpha value is -0.910. The number of carbonyl (C=O) groups is 1. The Morgan fingerprint density at radius 2 is 2.12 bits per heavy atom. The molecule has 0 aliphatic carbocycles. The molecule has 0 saturated carbocycles. The van der Waals surface area contributed by atoms with E-state index >= 15 is 0 Å². The molecular weight excluding hydrogens is 210 g/mol. The molecule has 0 aromatic rings. The first-order chi connectivity index (χ1) is 7.35. The molecule has 5 heteroatoms. The van der Waals surface area contributed by atoms with Gasteiger partial charge in [-0.2, -0.15) is 0 Å². The highest BCUT2D eigenvalue weighted by Gasteiger charge is 2.08. The van der Waals surface area contributed by atoms with E-state index in [0.29, 0.717) is 13.2 Å². The molecule has 1 atom stereocenters. The van der Waals surface area contributed by atoms with E-state index in [-0.39, 0.29) is 5.54 Å². The van der Waals surface area contributed by atoms with Gasteiger partial charge in [-0.3, -0.25) is 0 Å². The van der Waals surface area contributed by atoms with Gasteiger partial charge >= 0.3 is 5.97 Å². The van der Waals surface area contributed by atoms with Crippen LogP contribution in [0.2, 0.25) is 0 Å². The molecule has 0 aromatic carbocycles. The maximum Gasteiger partial charge on any atom is 0.330 e. The molecule has 94 valence electrons. The summed E-state index contributed by atoms with van der Waals surface area (Å²) in [7, 11) is 1.27. The van der Waals surface area contributed by atoms with Crippen LogP contribution in [0.3, 0.4) is 0 Å². The first-order valence-corrected chi connectivity index (χ1v) is 5.16. The van der Waals surface area contributed by atoms with Crippen molar-refractivity contribution in [3.05, 3.63) is 12.2 Å². The quantitative estimate of drug-likeness (QED) is 0.300. The summed E-state index contributed by atoms with van der Waals surface area (Å²) in [6, 6.07) is 0. The number of ether oxygens (including phenoxy) is 2. The highest BCUT2D eigenvalue weighted by atomic mass is 16.6. The van der Waals surface area contributed by atoms with Gasteiger partial charge in [-0.25, -0.2) is 4.79 Å². The van der Waals surface area contributed by atoms with Crippen molar-refractivity contribution in [2.24, 2.45) is 0 Å². The van der Waals surface area contributed by atoms with E-state index in [9.17, 15) is 9.90 Å². The molecule has 1 unspecified atom stereocenters. The summed E-state index contributed by atoms with van der Waals surface area (Å²) < 4.78 is 9.40. The number of nitrogens with one attached hydrogen (secondary N) is 1. The Kier molecular flexibility index (Phi) is 6.96. The summed E-state index contributed by atoms with van der Waals surface area (Å²) in [5.74, 6) is -0.518. The van der Waals surface area contributed by atoms with Crippen LogP contribution >= 0.6 is 0 Å². The average molecular weight is 231 g/mol. The number of hydrogen-bond donors (Lipinski definition) is 2. The smallest absolute Gasteiger partial charge is 0.330 e. The first kappa shape index (κ1) is 15.1. The van der Waals surface area contributed by atoms with E-state index in [1.807, 2.05) is 20.8 Å². The van der Waals surface area contributed by atoms with Gasteiger partial charge in [-0.05, 0) is 26.8 Å². The molecule has 0 rings (SSSR count). The predicted molar refractivity (Wildman–Crippen MR) is 60.9 cm³/mol. The third-order valence-corrected chi connectivity index (χ3v) is 1.64. The third-order valence-electron chi connectivity index (χ3n) is 1.64. The van der Waals surface area contributed by atoms with Crippen LogP contribution in [0.4, 0.5) is 0 Å². The Labute approximate surface area is 96.4 Å². The van der Waals surface area contributed by atoms with Gasteiger partial charge in [0, 0.05) is 18.2 Å². The fraction of sp³-hybridized carbons (Fsp3) is 0.727. The molecule has 0 amide bonds. The van der Waals surface area contributed by atoms with E-state index < -0.39 is 12.3 Å². The van der Waals surface area contributed by atoms with E-state index in [1.165, 1.54) is 13.2 Å². The zero-order valence-electron chi connectivity index (χ0n) is 10.3. The Morgan fingerprint density at radius 3 is 2.62 bits per heavy atom. The van der Waals surface area contributed by atoms with E-state index in [4.69, 9.17) is 4.74 Å². The SMILES string of the molecule is COC(=O)/C=C/C(O)OCCNC(C)(C)C. The van der Waals surface area contributed by atoms with E-state index in [1.54, 1.807) is 0 Å². The molecule has 0 radical (unpaired) electrons. The van der Waals surface area contributed by atoms with Crippen molar-refractivity contribution < 1.29 is 19.4 Å². The van der Waals surface area contributed by atoms with Crippen LogP contribution in [0.25, 0.3) is 0 Å². The van der Waals surface area contributed by atoms with Crippen molar-refractivity contribution in [3.8, 4) is 0 Å². The van der Waals surface area contributed by atoms with Crippen LogP contribution < -0.4 is 5.32 Å². The number of hydrogen-bond acceptors (Lipinski definition) is 5. The summed E-state index contributed by atoms with van der Waals surface area (Å²) in [5, 5.41) is 12.5. The lowest BCUT2D eigenvalue weighted by Gasteiger charge is -2.20. The fourth-order valence-corrected chi connectivity index (χ4v) is 0.890. The molecule has 16 heavy (non-hydrogen) atoms. The van der Waals surface area contributed by atoms with Crippen molar-refractivity contribution in [2.45, 2.75) is 32.6 Å². The summed E-state index contributed by atoms with van der Waals surface area (Å²) in [6.07, 6.45) is 1.28. The lowest BCUT2D eigenvalue weighted by molar-refractivity contribution is -0.135. The Balaban J connectivity index is 3.62. The molecule has 0 fully saturated rings. The average Bonchev–Trinajstić information content (AvgIpc) is 2.19. The minimum absolute atomic E-state index is 0.0240. The molecule has 2 N–H and O–H groups in total. The predicted octanol–water partition coefficient (Wildman–Crippen LogP) is 0.439. The second kappa shape index (κ2) is 7.38. The zero-order valence-corrected chi connectivity index (χ0v) is 10.3. The van der Waals surface area contributed by atoms with E-state index in [0.717, 1.165) is 6.08 Å².